The van der Waals surface area contributed by atoms with Gasteiger partial charge in [-0.3, -0.25) is 4.79 Å². The van der Waals surface area contributed by atoms with Crippen molar-refractivity contribution in [2.45, 2.75) is 19.1 Å². The fourth-order valence-corrected chi connectivity index (χ4v) is 0.980. The minimum atomic E-state index is -0.645. The number of thiol groups is 2. The van der Waals surface area contributed by atoms with Crippen molar-refractivity contribution in [3.05, 3.63) is 0 Å². The molecule has 0 fully saturated rings. The van der Waals surface area contributed by atoms with E-state index in [0.717, 1.165) is 0 Å². The van der Waals surface area contributed by atoms with Crippen molar-refractivity contribution in [3.8, 4) is 0 Å². The zero-order valence-electron chi connectivity index (χ0n) is 9.79. The van der Waals surface area contributed by atoms with Crippen molar-refractivity contribution in [2.24, 2.45) is 0 Å². The van der Waals surface area contributed by atoms with Gasteiger partial charge in [-0.2, -0.15) is 25.3 Å². The smallest absolute Gasteiger partial charge is 0.329 e. The van der Waals surface area contributed by atoms with Gasteiger partial charge in [0.1, 0.15) is 6.04 Å². The number of aliphatic hydroxyl groups excluding tert-OH is 2. The molecular weight excluding hydrogens is 266 g/mol. The Morgan fingerprint density at radius 1 is 1.35 bits per heavy atom. The van der Waals surface area contributed by atoms with Crippen LogP contribution in [-0.2, 0) is 14.3 Å². The van der Waals surface area contributed by atoms with Crippen LogP contribution in [0.2, 0.25) is 0 Å². The number of hydrogen-bond acceptors (Lipinski definition) is 7. The number of hydrogen-bond donors (Lipinski definition) is 5. The van der Waals surface area contributed by atoms with Gasteiger partial charge in [0.25, 0.3) is 0 Å². The van der Waals surface area contributed by atoms with Gasteiger partial charge >= 0.3 is 5.97 Å². The van der Waals surface area contributed by atoms with Gasteiger partial charge < -0.3 is 20.3 Å². The Balaban J connectivity index is 0. The van der Waals surface area contributed by atoms with Gasteiger partial charge in [-0.1, -0.05) is 0 Å². The van der Waals surface area contributed by atoms with E-state index < -0.39 is 18.1 Å². The van der Waals surface area contributed by atoms with E-state index >= 15 is 0 Å². The van der Waals surface area contributed by atoms with Gasteiger partial charge in [0, 0.05) is 18.4 Å². The highest BCUT2D eigenvalue weighted by atomic mass is 32.1. The molecule has 8 heteroatoms. The molecule has 17 heavy (non-hydrogen) atoms. The molecule has 2 atom stereocenters. The molecule has 0 rings (SSSR count). The summed E-state index contributed by atoms with van der Waals surface area (Å²) in [5.74, 6) is -0.174. The Morgan fingerprint density at radius 3 is 2.06 bits per heavy atom. The van der Waals surface area contributed by atoms with Crippen LogP contribution >= 0.6 is 25.3 Å². The summed E-state index contributed by atoms with van der Waals surface area (Å²) in [6, 6.07) is -0.638. The number of ether oxygens (including phenoxy) is 1. The van der Waals surface area contributed by atoms with Crippen molar-refractivity contribution >= 4 is 37.1 Å². The molecular formula is C9H19NO5S2. The van der Waals surface area contributed by atoms with E-state index in [1.807, 2.05) is 0 Å². The molecule has 0 unspecified atom stereocenters. The van der Waals surface area contributed by atoms with Crippen molar-refractivity contribution in [3.63, 3.8) is 0 Å². The van der Waals surface area contributed by atoms with Crippen LogP contribution < -0.4 is 5.32 Å². The lowest BCUT2D eigenvalue weighted by molar-refractivity contribution is -0.144. The monoisotopic (exact) mass is 285 g/mol. The molecule has 102 valence electrons. The topological polar surface area (TPSA) is 95.9 Å². The normalized spacial score (nSPS) is 12.8. The van der Waals surface area contributed by atoms with Gasteiger partial charge in [-0.25, -0.2) is 4.79 Å². The lowest BCUT2D eigenvalue weighted by atomic mass is 10.3. The van der Waals surface area contributed by atoms with Crippen LogP contribution in [0.3, 0.4) is 0 Å². The molecule has 0 spiro atoms. The van der Waals surface area contributed by atoms with Crippen molar-refractivity contribution < 1.29 is 24.5 Å². The zero-order valence-corrected chi connectivity index (χ0v) is 11.6. The van der Waals surface area contributed by atoms with E-state index in [-0.39, 0.29) is 18.3 Å². The molecule has 0 aromatic carbocycles. The molecule has 3 N–H and O–H groups in total. The zero-order chi connectivity index (χ0) is 13.8. The van der Waals surface area contributed by atoms with Gasteiger partial charge in [0.2, 0.25) is 5.91 Å². The summed E-state index contributed by atoms with van der Waals surface area (Å²) < 4.78 is 4.40. The SMILES string of the molecule is COC(=O)[C@H](CS)NC(C)=O.OC[C@H](O)CS. The highest BCUT2D eigenvalue weighted by Crippen LogP contribution is 1.90. The first-order chi connectivity index (χ1) is 7.92. The van der Waals surface area contributed by atoms with Gasteiger partial charge in [-0.05, 0) is 0 Å². The van der Waals surface area contributed by atoms with Crippen LogP contribution in [0.15, 0.2) is 0 Å². The number of aliphatic hydroxyl groups is 2. The molecule has 0 saturated heterocycles. The molecule has 0 aromatic heterocycles. The first-order valence-corrected chi connectivity index (χ1v) is 6.04. The molecule has 0 aromatic rings. The van der Waals surface area contributed by atoms with E-state index in [9.17, 15) is 9.59 Å². The van der Waals surface area contributed by atoms with E-state index in [0.29, 0.717) is 5.75 Å². The van der Waals surface area contributed by atoms with E-state index in [1.54, 1.807) is 0 Å². The number of amides is 1. The number of rotatable bonds is 5. The van der Waals surface area contributed by atoms with E-state index in [4.69, 9.17) is 10.2 Å². The second-order valence-electron chi connectivity index (χ2n) is 2.98. The molecule has 0 heterocycles. The van der Waals surface area contributed by atoms with Crippen LogP contribution in [0, 0.1) is 0 Å². The van der Waals surface area contributed by atoms with Crippen molar-refractivity contribution in [1.82, 2.24) is 5.32 Å². The predicted octanol–water partition coefficient (Wildman–Crippen LogP) is -1.14. The van der Waals surface area contributed by atoms with Crippen LogP contribution in [0.25, 0.3) is 0 Å². The predicted molar refractivity (Wildman–Crippen MR) is 70.4 cm³/mol. The molecule has 0 bridgehead atoms. The maximum absolute atomic E-state index is 10.8. The number of methoxy groups -OCH3 is 1. The molecule has 0 aliphatic rings. The number of esters is 1. The van der Waals surface area contributed by atoms with Crippen LogP contribution in [-0.4, -0.2) is 59.5 Å². The first-order valence-electron chi connectivity index (χ1n) is 4.78. The minimum Gasteiger partial charge on any atom is -0.467 e. The first kappa shape index (κ1) is 18.9. The molecule has 0 radical (unpaired) electrons. The fourth-order valence-electron chi connectivity index (χ4n) is 0.624. The summed E-state index contributed by atoms with van der Waals surface area (Å²) in [6.45, 7) is 1.14. The quantitative estimate of drug-likeness (QED) is 0.325. The summed E-state index contributed by atoms with van der Waals surface area (Å²) in [4.78, 5) is 21.3. The summed E-state index contributed by atoms with van der Waals surface area (Å²) in [6.07, 6.45) is -0.645. The highest BCUT2D eigenvalue weighted by Gasteiger charge is 2.17. The Morgan fingerprint density at radius 2 is 1.88 bits per heavy atom. The lowest BCUT2D eigenvalue weighted by Crippen LogP contribution is -2.41. The summed E-state index contributed by atoms with van der Waals surface area (Å²) in [5, 5.41) is 18.8. The van der Waals surface area contributed by atoms with E-state index in [2.05, 4.69) is 35.3 Å². The van der Waals surface area contributed by atoms with Gasteiger partial charge in [0.15, 0.2) is 0 Å². The third-order valence-corrected chi connectivity index (χ3v) is 2.25. The molecule has 6 nitrogen and oxygen atoms in total. The van der Waals surface area contributed by atoms with Crippen LogP contribution in [0.4, 0.5) is 0 Å². The Hall–Kier alpha value is -0.440. The van der Waals surface area contributed by atoms with Gasteiger partial charge in [0.05, 0.1) is 19.8 Å². The van der Waals surface area contributed by atoms with Gasteiger partial charge in [-0.15, -0.1) is 0 Å². The second kappa shape index (κ2) is 12.0. The van der Waals surface area contributed by atoms with Crippen LogP contribution in [0.1, 0.15) is 6.92 Å². The van der Waals surface area contributed by atoms with Crippen molar-refractivity contribution in [2.75, 3.05) is 25.2 Å². The maximum Gasteiger partial charge on any atom is 0.329 e. The second-order valence-corrected chi connectivity index (χ2v) is 3.71. The van der Waals surface area contributed by atoms with Crippen LogP contribution in [0.5, 0.6) is 0 Å². The third kappa shape index (κ3) is 11.8. The average Bonchev–Trinajstić information content (AvgIpc) is 2.34. The molecule has 0 saturated carbocycles. The number of carbonyl (C=O) groups is 2. The molecule has 0 aliphatic carbocycles. The molecule has 1 amide bonds. The highest BCUT2D eigenvalue weighted by molar-refractivity contribution is 7.80. The third-order valence-electron chi connectivity index (χ3n) is 1.47. The minimum absolute atomic E-state index is 0.191. The average molecular weight is 285 g/mol. The van der Waals surface area contributed by atoms with Crippen molar-refractivity contribution in [1.29, 1.82) is 0 Å². The largest absolute Gasteiger partial charge is 0.467 e. The lowest BCUT2D eigenvalue weighted by Gasteiger charge is -2.11. The Kier molecular flexibility index (Phi) is 13.4. The Labute approximate surface area is 112 Å². The standard InChI is InChI=1S/C6H11NO3S.C3H8O2S/c1-4(8)7-5(3-11)6(9)10-2;4-1-3(5)2-6/h5,11H,3H2,1-2H3,(H,7,8);3-6H,1-2H2/t5-;3-/m00/s1. The number of carbonyl (C=O) groups excluding carboxylic acids is 2. The fraction of sp³-hybridized carbons (Fsp3) is 0.778. The maximum atomic E-state index is 10.8. The molecule has 0 aliphatic heterocycles. The number of nitrogens with one attached hydrogen (secondary N) is 1. The summed E-state index contributed by atoms with van der Waals surface area (Å²) in [5.41, 5.74) is 0. The summed E-state index contributed by atoms with van der Waals surface area (Å²) in [7, 11) is 1.26. The summed E-state index contributed by atoms with van der Waals surface area (Å²) >= 11 is 7.55. The van der Waals surface area contributed by atoms with E-state index in [1.165, 1.54) is 14.0 Å². The Bertz CT molecular complexity index is 223.